The fourth-order valence-corrected chi connectivity index (χ4v) is 3.67. The molecule has 1 fully saturated rings. The molecular weight excluding hydrogens is 344 g/mol. The van der Waals surface area contributed by atoms with E-state index in [1.165, 1.54) is 11.8 Å². The van der Waals surface area contributed by atoms with Crippen molar-refractivity contribution in [2.24, 2.45) is 11.8 Å². The van der Waals surface area contributed by atoms with Crippen molar-refractivity contribution >= 4 is 5.78 Å². The van der Waals surface area contributed by atoms with Crippen LogP contribution in [0.5, 0.6) is 11.5 Å². The average Bonchev–Trinajstić information content (AvgIpc) is 2.69. The molecular formula is C21H26N2O4. The molecule has 0 amide bonds. The van der Waals surface area contributed by atoms with E-state index in [9.17, 15) is 9.59 Å². The highest BCUT2D eigenvalue weighted by Gasteiger charge is 2.28. The summed E-state index contributed by atoms with van der Waals surface area (Å²) in [6.45, 7) is 4.00. The van der Waals surface area contributed by atoms with Gasteiger partial charge in [0.05, 0.1) is 31.2 Å². The number of hydrogen-bond donors (Lipinski definition) is 0. The first-order valence-corrected chi connectivity index (χ1v) is 9.32. The van der Waals surface area contributed by atoms with Crippen molar-refractivity contribution in [1.82, 2.24) is 9.78 Å². The Bertz CT molecular complexity index is 896. The molecule has 1 aromatic heterocycles. The van der Waals surface area contributed by atoms with E-state index in [0.717, 1.165) is 25.7 Å². The summed E-state index contributed by atoms with van der Waals surface area (Å²) in [7, 11) is 3.09. The SMILES string of the molecule is COc1ccc(-n2nc(C)cc(C(=O)C3CCC(C)CC3)c2=O)cc1OC. The van der Waals surface area contributed by atoms with Gasteiger partial charge in [0.2, 0.25) is 0 Å². The quantitative estimate of drug-likeness (QED) is 0.753. The fourth-order valence-electron chi connectivity index (χ4n) is 3.67. The number of aryl methyl sites for hydroxylation is 1. The molecule has 3 rings (SSSR count). The number of nitrogens with zero attached hydrogens (tertiary/aromatic N) is 2. The molecule has 1 aliphatic rings. The molecule has 6 heteroatoms. The second-order valence-electron chi connectivity index (χ2n) is 7.28. The molecule has 6 nitrogen and oxygen atoms in total. The van der Waals surface area contributed by atoms with Gasteiger partial charge in [0.25, 0.3) is 5.56 Å². The first-order valence-electron chi connectivity index (χ1n) is 9.32. The zero-order chi connectivity index (χ0) is 19.6. The monoisotopic (exact) mass is 370 g/mol. The predicted molar refractivity (Wildman–Crippen MR) is 103 cm³/mol. The lowest BCUT2D eigenvalue weighted by Crippen LogP contribution is -2.32. The third kappa shape index (κ3) is 3.89. The number of carbonyl (C=O) groups is 1. The van der Waals surface area contributed by atoms with E-state index < -0.39 is 5.56 Å². The molecule has 0 aliphatic heterocycles. The first kappa shape index (κ1) is 19.1. The highest BCUT2D eigenvalue weighted by atomic mass is 16.5. The molecule has 0 bridgehead atoms. The van der Waals surface area contributed by atoms with E-state index in [1.54, 1.807) is 38.3 Å². The van der Waals surface area contributed by atoms with Crippen molar-refractivity contribution in [2.75, 3.05) is 14.2 Å². The minimum absolute atomic E-state index is 0.0633. The normalized spacial score (nSPS) is 19.6. The Labute approximate surface area is 159 Å². The van der Waals surface area contributed by atoms with Crippen molar-refractivity contribution in [3.8, 4) is 17.2 Å². The number of hydrogen-bond acceptors (Lipinski definition) is 5. The largest absolute Gasteiger partial charge is 0.493 e. The van der Waals surface area contributed by atoms with E-state index in [0.29, 0.717) is 28.8 Å². The molecule has 144 valence electrons. The van der Waals surface area contributed by atoms with Crippen LogP contribution in [-0.2, 0) is 0 Å². The topological polar surface area (TPSA) is 70.4 Å². The van der Waals surface area contributed by atoms with Crippen LogP contribution in [0.2, 0.25) is 0 Å². The number of aromatic nitrogens is 2. The molecule has 1 heterocycles. The Morgan fingerprint density at radius 3 is 2.37 bits per heavy atom. The number of carbonyl (C=O) groups excluding carboxylic acids is 1. The molecule has 0 saturated heterocycles. The Balaban J connectivity index is 2.01. The van der Waals surface area contributed by atoms with Gasteiger partial charge < -0.3 is 9.47 Å². The Morgan fingerprint density at radius 1 is 1.07 bits per heavy atom. The van der Waals surface area contributed by atoms with Crippen molar-refractivity contribution in [2.45, 2.75) is 39.5 Å². The van der Waals surface area contributed by atoms with E-state index >= 15 is 0 Å². The Hall–Kier alpha value is -2.63. The average molecular weight is 370 g/mol. The lowest BCUT2D eigenvalue weighted by atomic mass is 9.79. The molecule has 0 atom stereocenters. The van der Waals surface area contributed by atoms with Gasteiger partial charge in [0, 0.05) is 12.0 Å². The van der Waals surface area contributed by atoms with E-state index in [4.69, 9.17) is 9.47 Å². The van der Waals surface area contributed by atoms with Gasteiger partial charge in [-0.25, -0.2) is 0 Å². The summed E-state index contributed by atoms with van der Waals surface area (Å²) in [5, 5.41) is 4.33. The summed E-state index contributed by atoms with van der Waals surface area (Å²) in [6.07, 6.45) is 3.75. The Kier molecular flexibility index (Phi) is 5.63. The third-order valence-corrected chi connectivity index (χ3v) is 5.30. The van der Waals surface area contributed by atoms with Crippen LogP contribution in [0.3, 0.4) is 0 Å². The van der Waals surface area contributed by atoms with Gasteiger partial charge in [0.1, 0.15) is 0 Å². The standard InChI is InChI=1S/C21H26N2O4/c1-13-5-7-15(8-6-13)20(24)17-11-14(2)22-23(21(17)25)16-9-10-18(26-3)19(12-16)27-4/h9-13,15H,5-8H2,1-4H3. The maximum absolute atomic E-state index is 13.0. The van der Waals surface area contributed by atoms with Gasteiger partial charge in [-0.1, -0.05) is 19.8 Å². The molecule has 0 unspecified atom stereocenters. The van der Waals surface area contributed by atoms with Crippen LogP contribution in [-0.4, -0.2) is 29.8 Å². The minimum atomic E-state index is -0.392. The highest BCUT2D eigenvalue weighted by molar-refractivity contribution is 5.97. The van der Waals surface area contributed by atoms with Gasteiger partial charge >= 0.3 is 0 Å². The predicted octanol–water partition coefficient (Wildman–Crippen LogP) is 3.57. The lowest BCUT2D eigenvalue weighted by molar-refractivity contribution is 0.0873. The molecule has 1 aliphatic carbocycles. The number of rotatable bonds is 5. The second-order valence-corrected chi connectivity index (χ2v) is 7.28. The van der Waals surface area contributed by atoms with Crippen LogP contribution in [0.1, 0.15) is 48.7 Å². The molecule has 0 N–H and O–H groups in total. The van der Waals surface area contributed by atoms with Gasteiger partial charge in [-0.3, -0.25) is 9.59 Å². The molecule has 0 radical (unpaired) electrons. The van der Waals surface area contributed by atoms with Gasteiger partial charge in [-0.15, -0.1) is 0 Å². The highest BCUT2D eigenvalue weighted by Crippen LogP contribution is 2.31. The van der Waals surface area contributed by atoms with Crippen molar-refractivity contribution in [3.63, 3.8) is 0 Å². The Morgan fingerprint density at radius 2 is 1.74 bits per heavy atom. The van der Waals surface area contributed by atoms with Gasteiger partial charge in [0.15, 0.2) is 17.3 Å². The fraction of sp³-hybridized carbons (Fsp3) is 0.476. The smallest absolute Gasteiger partial charge is 0.282 e. The first-order chi connectivity index (χ1) is 12.9. The van der Waals surface area contributed by atoms with Crippen LogP contribution in [0.4, 0.5) is 0 Å². The van der Waals surface area contributed by atoms with Crippen LogP contribution >= 0.6 is 0 Å². The van der Waals surface area contributed by atoms with E-state index in [2.05, 4.69) is 12.0 Å². The maximum Gasteiger partial charge on any atom is 0.282 e. The molecule has 27 heavy (non-hydrogen) atoms. The van der Waals surface area contributed by atoms with Crippen LogP contribution < -0.4 is 15.0 Å². The summed E-state index contributed by atoms with van der Waals surface area (Å²) in [5.74, 6) is 1.58. The molecule has 2 aromatic rings. The van der Waals surface area contributed by atoms with E-state index in [-0.39, 0.29) is 17.3 Å². The van der Waals surface area contributed by atoms with Crippen molar-refractivity contribution in [3.05, 3.63) is 45.9 Å². The number of methoxy groups -OCH3 is 2. The summed E-state index contributed by atoms with van der Waals surface area (Å²) in [6, 6.07) is 6.74. The van der Waals surface area contributed by atoms with Crippen molar-refractivity contribution in [1.29, 1.82) is 0 Å². The third-order valence-electron chi connectivity index (χ3n) is 5.30. The summed E-state index contributed by atoms with van der Waals surface area (Å²) < 4.78 is 11.8. The summed E-state index contributed by atoms with van der Waals surface area (Å²) in [5.41, 5.74) is 0.984. The zero-order valence-corrected chi connectivity index (χ0v) is 16.3. The van der Waals surface area contributed by atoms with E-state index in [1.807, 2.05) is 0 Å². The number of benzene rings is 1. The second kappa shape index (κ2) is 7.94. The van der Waals surface area contributed by atoms with Crippen LogP contribution in [0.25, 0.3) is 5.69 Å². The van der Waals surface area contributed by atoms with Crippen molar-refractivity contribution < 1.29 is 14.3 Å². The lowest BCUT2D eigenvalue weighted by Gasteiger charge is -2.25. The minimum Gasteiger partial charge on any atom is -0.493 e. The maximum atomic E-state index is 13.0. The molecule has 0 spiro atoms. The van der Waals surface area contributed by atoms with Gasteiger partial charge in [-0.05, 0) is 43.9 Å². The number of Topliss-reactive ketones (excluding diaryl/α,β-unsaturated/α-hetero) is 1. The summed E-state index contributed by atoms with van der Waals surface area (Å²) in [4.78, 5) is 26.0. The van der Waals surface area contributed by atoms with Gasteiger partial charge in [-0.2, -0.15) is 9.78 Å². The molecule has 1 aromatic carbocycles. The molecule has 1 saturated carbocycles. The number of ketones is 1. The number of ether oxygens (including phenoxy) is 2. The van der Waals surface area contributed by atoms with Crippen LogP contribution in [0.15, 0.2) is 29.1 Å². The van der Waals surface area contributed by atoms with Crippen LogP contribution in [0, 0.1) is 18.8 Å². The zero-order valence-electron chi connectivity index (χ0n) is 16.3. The summed E-state index contributed by atoms with van der Waals surface area (Å²) >= 11 is 0.